The van der Waals surface area contributed by atoms with Crippen LogP contribution in [0.2, 0.25) is 0 Å². The molecular formula is C21H25FN2O6. The van der Waals surface area contributed by atoms with E-state index in [4.69, 9.17) is 11.2 Å². The fourth-order valence-corrected chi connectivity index (χ4v) is 3.96. The van der Waals surface area contributed by atoms with Gasteiger partial charge in [0.25, 0.3) is 0 Å². The lowest BCUT2D eigenvalue weighted by molar-refractivity contribution is -0.391. The van der Waals surface area contributed by atoms with E-state index in [0.29, 0.717) is 5.56 Å². The summed E-state index contributed by atoms with van der Waals surface area (Å²) < 4.78 is 20.7. The van der Waals surface area contributed by atoms with E-state index in [1.165, 1.54) is 16.8 Å². The van der Waals surface area contributed by atoms with Crippen molar-refractivity contribution in [3.63, 3.8) is 0 Å². The van der Waals surface area contributed by atoms with Crippen LogP contribution >= 0.6 is 0 Å². The van der Waals surface area contributed by atoms with Gasteiger partial charge in [0.15, 0.2) is 6.54 Å². The number of terminal acetylenes is 1. The highest BCUT2D eigenvalue weighted by Crippen LogP contribution is 2.71. The number of ether oxygens (including phenoxy) is 1. The van der Waals surface area contributed by atoms with Gasteiger partial charge in [-0.2, -0.15) is 4.39 Å². The molecule has 162 valence electrons. The smallest absolute Gasteiger partial charge is 0.367 e. The highest BCUT2D eigenvalue weighted by atomic mass is 19.1. The van der Waals surface area contributed by atoms with Crippen LogP contribution in [-0.4, -0.2) is 32.1 Å². The van der Waals surface area contributed by atoms with Crippen LogP contribution in [0.15, 0.2) is 24.2 Å². The summed E-state index contributed by atoms with van der Waals surface area (Å²) in [6.07, 6.45) is 7.56. The van der Waals surface area contributed by atoms with Crippen LogP contribution in [0, 0.1) is 39.2 Å². The summed E-state index contributed by atoms with van der Waals surface area (Å²) in [4.78, 5) is 34.8. The van der Waals surface area contributed by atoms with Crippen LogP contribution < -0.4 is 0 Å². The van der Waals surface area contributed by atoms with E-state index in [1.807, 2.05) is 0 Å². The number of esters is 1. The van der Waals surface area contributed by atoms with Crippen molar-refractivity contribution >= 4 is 17.8 Å². The van der Waals surface area contributed by atoms with Crippen molar-refractivity contribution in [3.8, 4) is 12.3 Å². The molecule has 2 atom stereocenters. The zero-order valence-electron chi connectivity index (χ0n) is 17.6. The Morgan fingerprint density at radius 3 is 2.53 bits per heavy atom. The number of carbonyl (C=O) groups excluding carboxylic acids is 1. The molecule has 0 radical (unpaired) electrons. The molecule has 0 aromatic carbocycles. The molecule has 9 heteroatoms. The SMILES string of the molecule is C#CCn1cc(C[C@@]2(C(=O)O)[C@H](C=C(F)C(=O)OC(C)(C)C)C2(C)C)cc1[N+](=O)[O-]. The van der Waals surface area contributed by atoms with Crippen LogP contribution in [-0.2, 0) is 27.3 Å². The lowest BCUT2D eigenvalue weighted by Gasteiger charge is -2.18. The number of allylic oxidation sites excluding steroid dienone is 1. The van der Waals surface area contributed by atoms with Gasteiger partial charge in [-0.05, 0) is 43.6 Å². The maximum atomic E-state index is 14.5. The Morgan fingerprint density at radius 1 is 1.47 bits per heavy atom. The summed E-state index contributed by atoms with van der Waals surface area (Å²) in [6, 6.07) is 1.27. The number of nitrogens with zero attached hydrogens (tertiary/aromatic N) is 2. The summed E-state index contributed by atoms with van der Waals surface area (Å²) >= 11 is 0. The number of hydrogen-bond donors (Lipinski definition) is 1. The zero-order valence-corrected chi connectivity index (χ0v) is 17.6. The highest BCUT2D eigenvalue weighted by molar-refractivity contribution is 5.88. The van der Waals surface area contributed by atoms with Gasteiger partial charge in [-0.25, -0.2) is 9.36 Å². The molecule has 1 N–H and O–H groups in total. The number of nitro groups is 1. The van der Waals surface area contributed by atoms with Gasteiger partial charge in [0.2, 0.25) is 5.83 Å². The third-order valence-electron chi connectivity index (χ3n) is 5.53. The predicted octanol–water partition coefficient (Wildman–Crippen LogP) is 3.49. The van der Waals surface area contributed by atoms with Crippen molar-refractivity contribution in [3.05, 3.63) is 39.8 Å². The Balaban J connectivity index is 2.39. The monoisotopic (exact) mass is 420 g/mol. The molecule has 1 aromatic rings. The Bertz CT molecular complexity index is 963. The second-order valence-corrected chi connectivity index (χ2v) is 8.96. The second kappa shape index (κ2) is 7.59. The third kappa shape index (κ3) is 4.08. The van der Waals surface area contributed by atoms with Gasteiger partial charge >= 0.3 is 17.8 Å². The summed E-state index contributed by atoms with van der Waals surface area (Å²) in [5, 5.41) is 21.2. The normalized spacial score (nSPS) is 22.8. The van der Waals surface area contributed by atoms with Crippen molar-refractivity contribution in [2.24, 2.45) is 16.7 Å². The van der Waals surface area contributed by atoms with E-state index in [9.17, 15) is 29.2 Å². The molecule has 1 aliphatic rings. The van der Waals surface area contributed by atoms with Crippen molar-refractivity contribution in [2.45, 2.75) is 53.2 Å². The molecule has 0 unspecified atom stereocenters. The first-order chi connectivity index (χ1) is 13.7. The maximum absolute atomic E-state index is 14.5. The van der Waals surface area contributed by atoms with E-state index in [2.05, 4.69) is 5.92 Å². The lowest BCUT2D eigenvalue weighted by Crippen LogP contribution is -2.25. The Kier molecular flexibility index (Phi) is 5.86. The maximum Gasteiger partial charge on any atom is 0.367 e. The standard InChI is InChI=1S/C21H25FN2O6/c1-7-8-23-12-13(9-16(23)24(28)29)11-21(18(26)27)15(20(21,5)6)10-14(22)17(25)30-19(2,3)4/h1,9-10,12,15H,8,11H2,2-6H3,(H,26,27)/t15-,21+/m1/s1. The van der Waals surface area contributed by atoms with Gasteiger partial charge in [-0.15, -0.1) is 6.42 Å². The first kappa shape index (κ1) is 23.1. The molecule has 0 spiro atoms. The van der Waals surface area contributed by atoms with Crippen LogP contribution in [0.25, 0.3) is 0 Å². The van der Waals surface area contributed by atoms with Gasteiger partial charge in [0, 0.05) is 17.5 Å². The lowest BCUT2D eigenvalue weighted by atomic mass is 9.89. The number of aromatic nitrogens is 1. The summed E-state index contributed by atoms with van der Waals surface area (Å²) in [7, 11) is 0. The first-order valence-electron chi connectivity index (χ1n) is 9.28. The van der Waals surface area contributed by atoms with E-state index >= 15 is 0 Å². The first-order valence-corrected chi connectivity index (χ1v) is 9.28. The minimum absolute atomic E-state index is 0.0453. The summed E-state index contributed by atoms with van der Waals surface area (Å²) in [5.74, 6) is -2.28. The molecule has 2 rings (SSSR count). The topological polar surface area (TPSA) is 112 Å². The van der Waals surface area contributed by atoms with Crippen LogP contribution in [0.5, 0.6) is 0 Å². The Morgan fingerprint density at radius 2 is 2.07 bits per heavy atom. The minimum atomic E-state index is -1.44. The predicted molar refractivity (Wildman–Crippen MR) is 106 cm³/mol. The van der Waals surface area contributed by atoms with Crippen LogP contribution in [0.1, 0.15) is 40.2 Å². The number of carbonyl (C=O) groups is 2. The highest BCUT2D eigenvalue weighted by Gasteiger charge is 2.74. The Hall–Kier alpha value is -3.15. The van der Waals surface area contributed by atoms with Gasteiger partial charge in [-0.3, -0.25) is 4.79 Å². The summed E-state index contributed by atoms with van der Waals surface area (Å²) in [5.41, 5.74) is -2.85. The molecular weight excluding hydrogens is 395 g/mol. The molecule has 1 heterocycles. The average molecular weight is 420 g/mol. The number of rotatable bonds is 7. The number of hydrogen-bond acceptors (Lipinski definition) is 5. The molecule has 1 fully saturated rings. The fraction of sp³-hybridized carbons (Fsp3) is 0.524. The van der Waals surface area contributed by atoms with Crippen molar-refractivity contribution in [1.82, 2.24) is 4.57 Å². The molecule has 1 saturated carbocycles. The van der Waals surface area contributed by atoms with E-state index < -0.39 is 45.0 Å². The Labute approximate surface area is 173 Å². The molecule has 0 saturated heterocycles. The van der Waals surface area contributed by atoms with Gasteiger partial charge in [0.1, 0.15) is 5.60 Å². The molecule has 0 bridgehead atoms. The number of halogens is 1. The van der Waals surface area contributed by atoms with Crippen LogP contribution in [0.3, 0.4) is 0 Å². The largest absolute Gasteiger partial charge is 0.481 e. The van der Waals surface area contributed by atoms with Crippen molar-refractivity contribution in [2.75, 3.05) is 0 Å². The molecule has 0 aliphatic heterocycles. The molecule has 0 amide bonds. The molecule has 30 heavy (non-hydrogen) atoms. The van der Waals surface area contributed by atoms with Crippen molar-refractivity contribution in [1.29, 1.82) is 0 Å². The fourth-order valence-electron chi connectivity index (χ4n) is 3.96. The van der Waals surface area contributed by atoms with Crippen LogP contribution in [0.4, 0.5) is 10.2 Å². The second-order valence-electron chi connectivity index (χ2n) is 8.96. The van der Waals surface area contributed by atoms with Gasteiger partial charge < -0.3 is 20.0 Å². The number of carboxylic acid groups (broad SMARTS) is 1. The van der Waals surface area contributed by atoms with Crippen molar-refractivity contribution < 1.29 is 28.7 Å². The third-order valence-corrected chi connectivity index (χ3v) is 5.53. The van der Waals surface area contributed by atoms with E-state index in [-0.39, 0.29) is 18.8 Å². The average Bonchev–Trinajstić information content (AvgIpc) is 2.88. The molecule has 1 aromatic heterocycles. The number of aliphatic carboxylic acids is 1. The van der Waals surface area contributed by atoms with E-state index in [0.717, 1.165) is 6.08 Å². The van der Waals surface area contributed by atoms with E-state index in [1.54, 1.807) is 34.6 Å². The quantitative estimate of drug-likeness (QED) is 0.238. The number of carboxylic acids is 1. The minimum Gasteiger partial charge on any atom is -0.481 e. The van der Waals surface area contributed by atoms with Gasteiger partial charge in [-0.1, -0.05) is 19.8 Å². The van der Waals surface area contributed by atoms with Gasteiger partial charge in [0.05, 0.1) is 11.6 Å². The zero-order chi connectivity index (χ0) is 23.1. The summed E-state index contributed by atoms with van der Waals surface area (Å²) in [6.45, 7) is 8.03. The molecule has 8 nitrogen and oxygen atoms in total. The molecule has 1 aliphatic carbocycles.